The minimum atomic E-state index is -0.823. The fourth-order valence-corrected chi connectivity index (χ4v) is 3.75. The average molecular weight is 389 g/mol. The number of hydrogen-bond acceptors (Lipinski definition) is 5. The third kappa shape index (κ3) is 4.55. The van der Waals surface area contributed by atoms with Crippen molar-refractivity contribution in [2.24, 2.45) is 0 Å². The number of carbonyl (C=O) groups excluding carboxylic acids is 3. The van der Waals surface area contributed by atoms with Crippen LogP contribution in [-0.2, 0) is 16.1 Å². The molecule has 1 aromatic carbocycles. The van der Waals surface area contributed by atoms with Crippen LogP contribution in [0.25, 0.3) is 0 Å². The Morgan fingerprint density at radius 3 is 2.54 bits per heavy atom. The molecule has 28 heavy (non-hydrogen) atoms. The Morgan fingerprint density at radius 2 is 1.86 bits per heavy atom. The zero-order valence-electron chi connectivity index (χ0n) is 16.3. The molecule has 152 valence electrons. The predicted molar refractivity (Wildman–Crippen MR) is 102 cm³/mol. The van der Waals surface area contributed by atoms with Crippen LogP contribution in [0, 0.1) is 0 Å². The summed E-state index contributed by atoms with van der Waals surface area (Å²) < 4.78 is 10.5. The van der Waals surface area contributed by atoms with E-state index in [1.54, 1.807) is 18.2 Å². The van der Waals surface area contributed by atoms with Gasteiger partial charge in [-0.2, -0.15) is 0 Å². The van der Waals surface area contributed by atoms with Crippen molar-refractivity contribution in [2.45, 2.75) is 57.2 Å². The van der Waals surface area contributed by atoms with E-state index in [1.807, 2.05) is 0 Å². The first-order chi connectivity index (χ1) is 13.5. The Hall–Kier alpha value is -2.77. The van der Waals surface area contributed by atoms with E-state index in [-0.39, 0.29) is 24.9 Å². The van der Waals surface area contributed by atoms with Crippen molar-refractivity contribution in [2.75, 3.05) is 14.2 Å². The highest BCUT2D eigenvalue weighted by Crippen LogP contribution is 2.28. The first kappa shape index (κ1) is 20.0. The Bertz CT molecular complexity index is 745. The number of carbonyl (C=O) groups is 3. The minimum Gasteiger partial charge on any atom is -0.493 e. The van der Waals surface area contributed by atoms with Gasteiger partial charge in [-0.25, -0.2) is 4.79 Å². The second-order valence-electron chi connectivity index (χ2n) is 7.22. The third-order valence-corrected chi connectivity index (χ3v) is 5.26. The van der Waals surface area contributed by atoms with Gasteiger partial charge in [-0.3, -0.25) is 14.5 Å². The van der Waals surface area contributed by atoms with E-state index in [1.165, 1.54) is 20.6 Å². The summed E-state index contributed by atoms with van der Waals surface area (Å²) in [7, 11) is 3.06. The van der Waals surface area contributed by atoms with Crippen molar-refractivity contribution >= 4 is 17.8 Å². The highest BCUT2D eigenvalue weighted by molar-refractivity contribution is 6.05. The number of imide groups is 1. The summed E-state index contributed by atoms with van der Waals surface area (Å²) in [5.74, 6) is 0.508. The molecular weight excluding hydrogens is 362 g/mol. The van der Waals surface area contributed by atoms with Crippen molar-refractivity contribution in [1.82, 2.24) is 15.5 Å². The quantitative estimate of drug-likeness (QED) is 0.695. The number of benzene rings is 1. The SMILES string of the molecule is COc1ccc(CN2C(=O)NC(CC(=O)NC3CCCCC3)C2=O)cc1OC. The lowest BCUT2D eigenvalue weighted by Crippen LogP contribution is -2.41. The van der Waals surface area contributed by atoms with Gasteiger partial charge in [0.25, 0.3) is 5.91 Å². The van der Waals surface area contributed by atoms with E-state index in [0.29, 0.717) is 11.5 Å². The summed E-state index contributed by atoms with van der Waals surface area (Å²) >= 11 is 0. The Labute approximate surface area is 164 Å². The van der Waals surface area contributed by atoms with Crippen molar-refractivity contribution in [3.05, 3.63) is 23.8 Å². The smallest absolute Gasteiger partial charge is 0.325 e. The van der Waals surface area contributed by atoms with E-state index in [9.17, 15) is 14.4 Å². The first-order valence-electron chi connectivity index (χ1n) is 9.64. The number of ether oxygens (including phenoxy) is 2. The standard InChI is InChI=1S/C20H27N3O5/c1-27-16-9-8-13(10-17(16)28-2)12-23-19(25)15(22-20(23)26)11-18(24)21-14-6-4-3-5-7-14/h8-10,14-15H,3-7,11-12H2,1-2H3,(H,21,24)(H,22,26). The van der Waals surface area contributed by atoms with Crippen LogP contribution in [0.5, 0.6) is 11.5 Å². The van der Waals surface area contributed by atoms with Crippen LogP contribution in [0.1, 0.15) is 44.1 Å². The van der Waals surface area contributed by atoms with Crippen molar-refractivity contribution in [3.63, 3.8) is 0 Å². The number of nitrogens with zero attached hydrogens (tertiary/aromatic N) is 1. The molecule has 0 spiro atoms. The van der Waals surface area contributed by atoms with Gasteiger partial charge in [-0.05, 0) is 30.5 Å². The summed E-state index contributed by atoms with van der Waals surface area (Å²) in [5, 5.41) is 5.60. The van der Waals surface area contributed by atoms with Gasteiger partial charge in [0.2, 0.25) is 5.91 Å². The molecule has 1 unspecified atom stereocenters. The van der Waals surface area contributed by atoms with E-state index >= 15 is 0 Å². The number of nitrogens with one attached hydrogen (secondary N) is 2. The minimum absolute atomic E-state index is 0.0382. The highest BCUT2D eigenvalue weighted by atomic mass is 16.5. The molecule has 1 atom stereocenters. The lowest BCUT2D eigenvalue weighted by atomic mass is 9.95. The van der Waals surface area contributed by atoms with Crippen LogP contribution >= 0.6 is 0 Å². The van der Waals surface area contributed by atoms with Crippen molar-refractivity contribution < 1.29 is 23.9 Å². The fourth-order valence-electron chi connectivity index (χ4n) is 3.75. The van der Waals surface area contributed by atoms with Gasteiger partial charge in [0.1, 0.15) is 6.04 Å². The summed E-state index contributed by atoms with van der Waals surface area (Å²) in [6.45, 7) is 0.103. The van der Waals surface area contributed by atoms with Gasteiger partial charge in [-0.15, -0.1) is 0 Å². The molecule has 1 aromatic rings. The topological polar surface area (TPSA) is 97.0 Å². The summed E-state index contributed by atoms with van der Waals surface area (Å²) in [4.78, 5) is 38.3. The average Bonchev–Trinajstić information content (AvgIpc) is 2.95. The van der Waals surface area contributed by atoms with Crippen LogP contribution in [0.4, 0.5) is 4.79 Å². The van der Waals surface area contributed by atoms with Gasteiger partial charge >= 0.3 is 6.03 Å². The molecular formula is C20H27N3O5. The van der Waals surface area contributed by atoms with Crippen LogP contribution in [-0.4, -0.2) is 49.0 Å². The molecule has 1 saturated heterocycles. The maximum absolute atomic E-state index is 12.6. The van der Waals surface area contributed by atoms with Crippen molar-refractivity contribution in [3.8, 4) is 11.5 Å². The molecule has 1 saturated carbocycles. The van der Waals surface area contributed by atoms with Crippen LogP contribution in [0.2, 0.25) is 0 Å². The van der Waals surface area contributed by atoms with Crippen molar-refractivity contribution in [1.29, 1.82) is 0 Å². The molecule has 2 aliphatic rings. The van der Waals surface area contributed by atoms with Gasteiger partial charge < -0.3 is 20.1 Å². The molecule has 0 aromatic heterocycles. The monoisotopic (exact) mass is 389 g/mol. The summed E-state index contributed by atoms with van der Waals surface area (Å²) in [5.41, 5.74) is 0.730. The Balaban J connectivity index is 1.59. The number of amides is 4. The van der Waals surface area contributed by atoms with Crippen LogP contribution in [0.3, 0.4) is 0 Å². The zero-order chi connectivity index (χ0) is 20.1. The third-order valence-electron chi connectivity index (χ3n) is 5.26. The van der Waals surface area contributed by atoms with Gasteiger partial charge in [0, 0.05) is 6.04 Å². The first-order valence-corrected chi connectivity index (χ1v) is 9.64. The molecule has 1 heterocycles. The number of rotatable bonds is 7. The van der Waals surface area contributed by atoms with Gasteiger partial charge in [-0.1, -0.05) is 25.3 Å². The second kappa shape index (κ2) is 8.95. The lowest BCUT2D eigenvalue weighted by molar-refractivity contribution is -0.131. The van der Waals surface area contributed by atoms with Crippen LogP contribution in [0.15, 0.2) is 18.2 Å². The molecule has 3 rings (SSSR count). The van der Waals surface area contributed by atoms with Gasteiger partial charge in [0.15, 0.2) is 11.5 Å². The summed E-state index contributed by atoms with van der Waals surface area (Å²) in [6, 6.07) is 4.08. The molecule has 1 aliphatic carbocycles. The molecule has 0 radical (unpaired) electrons. The van der Waals surface area contributed by atoms with Crippen LogP contribution < -0.4 is 20.1 Å². The molecule has 4 amide bonds. The lowest BCUT2D eigenvalue weighted by Gasteiger charge is -2.23. The Kier molecular flexibility index (Phi) is 6.38. The Morgan fingerprint density at radius 1 is 1.14 bits per heavy atom. The molecule has 8 nitrogen and oxygen atoms in total. The fraction of sp³-hybridized carbons (Fsp3) is 0.550. The van der Waals surface area contributed by atoms with E-state index in [0.717, 1.165) is 36.1 Å². The second-order valence-corrected chi connectivity index (χ2v) is 7.22. The maximum Gasteiger partial charge on any atom is 0.325 e. The summed E-state index contributed by atoms with van der Waals surface area (Å²) in [6.07, 6.45) is 5.34. The molecule has 2 N–H and O–H groups in total. The molecule has 1 aliphatic heterocycles. The number of methoxy groups -OCH3 is 2. The predicted octanol–water partition coefficient (Wildman–Crippen LogP) is 1.96. The largest absolute Gasteiger partial charge is 0.493 e. The normalized spacial score (nSPS) is 20.1. The van der Waals surface area contributed by atoms with E-state index < -0.39 is 18.0 Å². The zero-order valence-corrected chi connectivity index (χ0v) is 16.3. The number of urea groups is 1. The maximum atomic E-state index is 12.6. The number of hydrogen-bond donors (Lipinski definition) is 2. The molecule has 2 fully saturated rings. The molecule has 8 heteroatoms. The van der Waals surface area contributed by atoms with E-state index in [2.05, 4.69) is 10.6 Å². The molecule has 0 bridgehead atoms. The highest BCUT2D eigenvalue weighted by Gasteiger charge is 2.39. The van der Waals surface area contributed by atoms with Gasteiger partial charge in [0.05, 0.1) is 27.2 Å². The van der Waals surface area contributed by atoms with E-state index in [4.69, 9.17) is 9.47 Å².